The first-order valence-corrected chi connectivity index (χ1v) is 10.2. The van der Waals surface area contributed by atoms with Crippen molar-refractivity contribution >= 4 is 11.5 Å². The van der Waals surface area contributed by atoms with Crippen LogP contribution in [0, 0.1) is 6.92 Å². The van der Waals surface area contributed by atoms with Gasteiger partial charge in [0.05, 0.1) is 0 Å². The predicted octanol–water partition coefficient (Wildman–Crippen LogP) is 2.40. The summed E-state index contributed by atoms with van der Waals surface area (Å²) in [4.78, 5) is 2.30. The summed E-state index contributed by atoms with van der Waals surface area (Å²) in [5.41, 5.74) is 1.82. The van der Waals surface area contributed by atoms with Gasteiger partial charge in [-0.25, -0.2) is 0 Å². The molecule has 0 amide bonds. The number of anilines is 1. The van der Waals surface area contributed by atoms with Crippen molar-refractivity contribution in [1.82, 2.24) is 19.8 Å². The minimum absolute atomic E-state index is 0.159. The zero-order valence-electron chi connectivity index (χ0n) is 17.2. The molecule has 1 fully saturated rings. The summed E-state index contributed by atoms with van der Waals surface area (Å²) >= 11 is 0. The Morgan fingerprint density at radius 3 is 2.67 bits per heavy atom. The van der Waals surface area contributed by atoms with Gasteiger partial charge < -0.3 is 23.8 Å². The zero-order valence-corrected chi connectivity index (χ0v) is 17.2. The minimum atomic E-state index is 0.159. The maximum absolute atomic E-state index is 6.22. The third-order valence-corrected chi connectivity index (χ3v) is 5.45. The topological polar surface area (TPSA) is 83.2 Å². The summed E-state index contributed by atoms with van der Waals surface area (Å²) in [6.45, 7) is 5.34. The van der Waals surface area contributed by atoms with Crippen molar-refractivity contribution in [3.8, 4) is 17.2 Å². The molecule has 2 aliphatic rings. The lowest BCUT2D eigenvalue weighted by molar-refractivity contribution is 0.159. The van der Waals surface area contributed by atoms with Gasteiger partial charge in [-0.3, -0.25) is 0 Å². The highest BCUT2D eigenvalue weighted by Gasteiger charge is 2.24. The molecular weight excluding hydrogens is 386 g/mol. The first-order chi connectivity index (χ1) is 14.7. The highest BCUT2D eigenvalue weighted by molar-refractivity contribution is 5.53. The molecule has 5 rings (SSSR count). The van der Waals surface area contributed by atoms with Crippen LogP contribution in [0.2, 0.25) is 0 Å². The Morgan fingerprint density at radius 1 is 1.07 bits per heavy atom. The van der Waals surface area contributed by atoms with Crippen LogP contribution in [0.25, 0.3) is 5.65 Å². The van der Waals surface area contributed by atoms with E-state index in [-0.39, 0.29) is 6.10 Å². The third kappa shape index (κ3) is 3.60. The van der Waals surface area contributed by atoms with E-state index >= 15 is 0 Å². The normalized spacial score (nSPS) is 16.8. The van der Waals surface area contributed by atoms with E-state index in [0.717, 1.165) is 60.2 Å². The average Bonchev–Trinajstić information content (AvgIpc) is 3.15. The van der Waals surface area contributed by atoms with Gasteiger partial charge in [0.15, 0.2) is 28.8 Å². The molecule has 1 saturated heterocycles. The largest absolute Gasteiger partial charge is 0.490 e. The molecule has 0 unspecified atom stereocenters. The molecule has 9 heteroatoms. The van der Waals surface area contributed by atoms with Crippen LogP contribution in [0.3, 0.4) is 0 Å². The number of rotatable bonds is 5. The lowest BCUT2D eigenvalue weighted by atomic mass is 10.1. The monoisotopic (exact) mass is 411 g/mol. The van der Waals surface area contributed by atoms with Gasteiger partial charge in [-0.1, -0.05) is 0 Å². The van der Waals surface area contributed by atoms with E-state index in [2.05, 4.69) is 22.0 Å². The summed E-state index contributed by atoms with van der Waals surface area (Å²) in [6.07, 6.45) is 1.99. The lowest BCUT2D eigenvalue weighted by Gasteiger charge is -2.33. The Hall–Kier alpha value is -3.07. The minimum Gasteiger partial charge on any atom is -0.490 e. The van der Waals surface area contributed by atoms with Gasteiger partial charge in [0, 0.05) is 39.1 Å². The van der Waals surface area contributed by atoms with Crippen molar-refractivity contribution in [2.75, 3.05) is 38.3 Å². The van der Waals surface area contributed by atoms with Crippen LogP contribution in [0.4, 0.5) is 5.82 Å². The van der Waals surface area contributed by atoms with E-state index < -0.39 is 0 Å². The third-order valence-electron chi connectivity index (χ3n) is 5.45. The second kappa shape index (κ2) is 7.98. The molecule has 1 aromatic carbocycles. The molecule has 0 radical (unpaired) electrons. The summed E-state index contributed by atoms with van der Waals surface area (Å²) in [5, 5.41) is 13.2. The fourth-order valence-corrected chi connectivity index (χ4v) is 3.96. The van der Waals surface area contributed by atoms with E-state index in [9.17, 15) is 0 Å². The van der Waals surface area contributed by atoms with Crippen LogP contribution in [0.1, 0.15) is 24.2 Å². The molecule has 3 aromatic rings. The van der Waals surface area contributed by atoms with E-state index in [1.54, 1.807) is 11.6 Å². The molecule has 0 spiro atoms. The van der Waals surface area contributed by atoms with Gasteiger partial charge in [0.1, 0.15) is 31.7 Å². The van der Waals surface area contributed by atoms with Crippen molar-refractivity contribution < 1.29 is 18.9 Å². The summed E-state index contributed by atoms with van der Waals surface area (Å²) in [6, 6.07) is 7.80. The van der Waals surface area contributed by atoms with E-state index in [1.807, 2.05) is 24.3 Å². The Morgan fingerprint density at radius 2 is 1.87 bits per heavy atom. The number of fused-ring (bicyclic) bond motifs is 2. The summed E-state index contributed by atoms with van der Waals surface area (Å²) in [5.74, 6) is 4.01. The molecule has 0 N–H and O–H groups in total. The summed E-state index contributed by atoms with van der Waals surface area (Å²) < 4.78 is 24.4. The predicted molar refractivity (Wildman–Crippen MR) is 110 cm³/mol. The number of nitrogens with zero attached hydrogens (tertiary/aromatic N) is 5. The van der Waals surface area contributed by atoms with Crippen LogP contribution in [-0.4, -0.2) is 59.3 Å². The molecule has 0 bridgehead atoms. The van der Waals surface area contributed by atoms with Crippen LogP contribution < -0.4 is 19.1 Å². The molecule has 2 aromatic heterocycles. The molecule has 158 valence electrons. The molecule has 2 aliphatic heterocycles. The fraction of sp³-hybridized carbons (Fsp3) is 0.476. The quantitative estimate of drug-likeness (QED) is 0.633. The average molecular weight is 411 g/mol. The maximum atomic E-state index is 6.22. The van der Waals surface area contributed by atoms with Crippen molar-refractivity contribution in [3.63, 3.8) is 0 Å². The van der Waals surface area contributed by atoms with Crippen LogP contribution in [-0.2, 0) is 11.3 Å². The van der Waals surface area contributed by atoms with Crippen molar-refractivity contribution in [3.05, 3.63) is 35.7 Å². The molecule has 9 nitrogen and oxygen atoms in total. The van der Waals surface area contributed by atoms with Gasteiger partial charge >= 0.3 is 0 Å². The Bertz CT molecular complexity index is 1050. The van der Waals surface area contributed by atoms with Gasteiger partial charge in [-0.05, 0) is 30.7 Å². The first kappa shape index (κ1) is 18.9. The van der Waals surface area contributed by atoms with E-state index in [0.29, 0.717) is 25.6 Å². The van der Waals surface area contributed by atoms with Crippen molar-refractivity contribution in [2.24, 2.45) is 0 Å². The first-order valence-electron chi connectivity index (χ1n) is 10.2. The van der Waals surface area contributed by atoms with Gasteiger partial charge in [-0.15, -0.1) is 15.3 Å². The number of aryl methyl sites for hydroxylation is 1. The van der Waals surface area contributed by atoms with Gasteiger partial charge in [-0.2, -0.15) is 4.52 Å². The van der Waals surface area contributed by atoms with Gasteiger partial charge in [0.2, 0.25) is 0 Å². The van der Waals surface area contributed by atoms with Crippen LogP contribution >= 0.6 is 0 Å². The second-order valence-electron chi connectivity index (χ2n) is 7.58. The van der Waals surface area contributed by atoms with Crippen molar-refractivity contribution in [1.29, 1.82) is 0 Å². The Kier molecular flexibility index (Phi) is 5.04. The standard InChI is InChI=1S/C21H25N5O4/c1-14-11-19-22-23-20(13-27-2)26(19)24-21(14)25-7-5-15(6-8-25)30-16-3-4-17-18(12-16)29-10-9-28-17/h3-4,11-12,15H,5-10,13H2,1-2H3. The highest BCUT2D eigenvalue weighted by atomic mass is 16.6. The summed E-state index contributed by atoms with van der Waals surface area (Å²) in [7, 11) is 1.64. The zero-order chi connectivity index (χ0) is 20.5. The van der Waals surface area contributed by atoms with Crippen LogP contribution in [0.15, 0.2) is 24.3 Å². The number of ether oxygens (including phenoxy) is 4. The molecule has 0 aliphatic carbocycles. The second-order valence-corrected chi connectivity index (χ2v) is 7.58. The number of hydrogen-bond acceptors (Lipinski definition) is 8. The van der Waals surface area contributed by atoms with E-state index in [4.69, 9.17) is 24.0 Å². The molecule has 30 heavy (non-hydrogen) atoms. The Balaban J connectivity index is 1.27. The number of piperidine rings is 1. The van der Waals surface area contributed by atoms with E-state index in [1.165, 1.54) is 0 Å². The molecular formula is C21H25N5O4. The fourth-order valence-electron chi connectivity index (χ4n) is 3.96. The van der Waals surface area contributed by atoms with Crippen LogP contribution in [0.5, 0.6) is 17.2 Å². The maximum Gasteiger partial charge on any atom is 0.180 e. The smallest absolute Gasteiger partial charge is 0.180 e. The lowest BCUT2D eigenvalue weighted by Crippen LogP contribution is -2.39. The highest BCUT2D eigenvalue weighted by Crippen LogP contribution is 2.34. The number of methoxy groups -OCH3 is 1. The Labute approximate surface area is 174 Å². The number of aromatic nitrogens is 4. The van der Waals surface area contributed by atoms with Crippen molar-refractivity contribution in [2.45, 2.75) is 32.5 Å². The molecule has 0 atom stereocenters. The SMILES string of the molecule is COCc1nnc2cc(C)c(N3CCC(Oc4ccc5c(c4)OCCO5)CC3)nn12. The number of hydrogen-bond donors (Lipinski definition) is 0. The van der Waals surface area contributed by atoms with Gasteiger partial charge in [0.25, 0.3) is 0 Å². The molecule has 0 saturated carbocycles. The number of benzene rings is 1. The molecule has 4 heterocycles.